The first-order chi connectivity index (χ1) is 11.8. The molecule has 7 nitrogen and oxygen atoms in total. The van der Waals surface area contributed by atoms with E-state index in [4.69, 9.17) is 4.74 Å². The molecule has 4 heterocycles. The molecule has 0 saturated carbocycles. The second-order valence-corrected chi connectivity index (χ2v) is 6.67. The number of rotatable bonds is 4. The minimum atomic E-state index is -0.312. The Morgan fingerprint density at radius 3 is 2.88 bits per heavy atom. The molecule has 24 heavy (non-hydrogen) atoms. The summed E-state index contributed by atoms with van der Waals surface area (Å²) in [6.07, 6.45) is 11.7. The number of carbonyl (C=O) groups is 1. The van der Waals surface area contributed by atoms with Crippen molar-refractivity contribution < 1.29 is 9.53 Å². The van der Waals surface area contributed by atoms with E-state index in [1.165, 1.54) is 0 Å². The molecule has 0 aliphatic carbocycles. The molecule has 7 heteroatoms. The van der Waals surface area contributed by atoms with Crippen LogP contribution in [-0.2, 0) is 16.1 Å². The average molecular weight is 329 g/mol. The highest BCUT2D eigenvalue weighted by Crippen LogP contribution is 2.29. The number of piperidine rings is 1. The largest absolute Gasteiger partial charge is 0.368 e. The Morgan fingerprint density at radius 1 is 1.29 bits per heavy atom. The maximum Gasteiger partial charge on any atom is 0.252 e. The van der Waals surface area contributed by atoms with Gasteiger partial charge in [-0.25, -0.2) is 9.97 Å². The third kappa shape index (κ3) is 3.08. The van der Waals surface area contributed by atoms with Gasteiger partial charge in [-0.2, -0.15) is 0 Å². The zero-order chi connectivity index (χ0) is 16.4. The summed E-state index contributed by atoms with van der Waals surface area (Å²) < 4.78 is 7.82. The van der Waals surface area contributed by atoms with E-state index < -0.39 is 0 Å². The maximum atomic E-state index is 12.9. The predicted octanol–water partition coefficient (Wildman–Crippen LogP) is 1.42. The Morgan fingerprint density at radius 2 is 2.17 bits per heavy atom. The van der Waals surface area contributed by atoms with Crippen molar-refractivity contribution in [3.8, 4) is 0 Å². The van der Waals surface area contributed by atoms with Crippen LogP contribution in [0.4, 0.5) is 0 Å². The van der Waals surface area contributed by atoms with E-state index in [-0.39, 0.29) is 17.9 Å². The van der Waals surface area contributed by atoms with E-state index in [9.17, 15) is 4.79 Å². The molecule has 2 aromatic rings. The van der Waals surface area contributed by atoms with Gasteiger partial charge in [0.05, 0.1) is 6.33 Å². The van der Waals surface area contributed by atoms with Gasteiger partial charge in [-0.05, 0) is 19.3 Å². The molecule has 1 amide bonds. The zero-order valence-corrected chi connectivity index (χ0v) is 13.7. The van der Waals surface area contributed by atoms with Crippen molar-refractivity contribution in [2.75, 3.05) is 19.7 Å². The van der Waals surface area contributed by atoms with Gasteiger partial charge in [-0.1, -0.05) is 0 Å². The Labute approximate surface area is 141 Å². The predicted molar refractivity (Wildman–Crippen MR) is 87.2 cm³/mol. The number of nitrogens with one attached hydrogen (secondary N) is 1. The highest BCUT2D eigenvalue weighted by Gasteiger charge is 2.38. The number of carbonyl (C=O) groups excluding carboxylic acids is 1. The van der Waals surface area contributed by atoms with Crippen LogP contribution in [0.25, 0.3) is 0 Å². The highest BCUT2D eigenvalue weighted by atomic mass is 16.5. The van der Waals surface area contributed by atoms with Gasteiger partial charge in [0.25, 0.3) is 5.91 Å². The van der Waals surface area contributed by atoms with E-state index in [0.29, 0.717) is 12.5 Å². The fourth-order valence-electron chi connectivity index (χ4n) is 3.81. The number of likely N-dealkylation sites (tertiary alicyclic amines) is 1. The summed E-state index contributed by atoms with van der Waals surface area (Å²) in [6, 6.07) is 0. The van der Waals surface area contributed by atoms with E-state index in [1.54, 1.807) is 18.7 Å². The second-order valence-electron chi connectivity index (χ2n) is 6.67. The van der Waals surface area contributed by atoms with Crippen LogP contribution < -0.4 is 0 Å². The van der Waals surface area contributed by atoms with Gasteiger partial charge >= 0.3 is 0 Å². The van der Waals surface area contributed by atoms with Crippen molar-refractivity contribution in [1.29, 1.82) is 0 Å². The van der Waals surface area contributed by atoms with Gasteiger partial charge in [0.15, 0.2) is 0 Å². The molecule has 2 aliphatic heterocycles. The molecular formula is C17H23N5O2. The lowest BCUT2D eigenvalue weighted by atomic mass is 9.94. The number of amides is 1. The first-order valence-electron chi connectivity index (χ1n) is 8.66. The van der Waals surface area contributed by atoms with Crippen molar-refractivity contribution >= 4 is 5.91 Å². The summed E-state index contributed by atoms with van der Waals surface area (Å²) in [7, 11) is 0. The molecule has 0 spiro atoms. The first-order valence-corrected chi connectivity index (χ1v) is 8.66. The topological polar surface area (TPSA) is 76.0 Å². The molecular weight excluding hydrogens is 306 g/mol. The van der Waals surface area contributed by atoms with E-state index in [2.05, 4.69) is 15.0 Å². The van der Waals surface area contributed by atoms with Gasteiger partial charge in [0.1, 0.15) is 11.9 Å². The number of nitrogens with zero attached hydrogens (tertiary/aromatic N) is 4. The molecule has 0 radical (unpaired) electrons. The second kappa shape index (κ2) is 6.76. The highest BCUT2D eigenvalue weighted by molar-refractivity contribution is 5.81. The van der Waals surface area contributed by atoms with Gasteiger partial charge in [-0.15, -0.1) is 0 Å². The van der Waals surface area contributed by atoms with Crippen LogP contribution in [0.5, 0.6) is 0 Å². The quantitative estimate of drug-likeness (QED) is 0.920. The third-order valence-corrected chi connectivity index (χ3v) is 5.17. The normalized spacial score (nSPS) is 25.2. The molecule has 2 aromatic heterocycles. The zero-order valence-electron chi connectivity index (χ0n) is 13.7. The van der Waals surface area contributed by atoms with Crippen molar-refractivity contribution in [1.82, 2.24) is 24.4 Å². The summed E-state index contributed by atoms with van der Waals surface area (Å²) in [5.74, 6) is 1.84. The Hall–Kier alpha value is -2.15. The Bertz CT molecular complexity index is 647. The summed E-state index contributed by atoms with van der Waals surface area (Å²) in [6.45, 7) is 3.02. The lowest BCUT2D eigenvalue weighted by Crippen LogP contribution is -2.46. The van der Waals surface area contributed by atoms with Crippen LogP contribution in [0.15, 0.2) is 31.1 Å². The lowest BCUT2D eigenvalue weighted by Gasteiger charge is -2.33. The number of hydrogen-bond donors (Lipinski definition) is 1. The van der Waals surface area contributed by atoms with Crippen LogP contribution in [0.2, 0.25) is 0 Å². The fourth-order valence-corrected chi connectivity index (χ4v) is 3.81. The number of ether oxygens (including phenoxy) is 1. The molecule has 0 bridgehead atoms. The van der Waals surface area contributed by atoms with Gasteiger partial charge < -0.3 is 19.2 Å². The lowest BCUT2D eigenvalue weighted by molar-refractivity contribution is -0.144. The van der Waals surface area contributed by atoms with Gasteiger partial charge in [0, 0.05) is 62.9 Å². The number of aromatic amines is 1. The molecule has 128 valence electrons. The molecule has 0 aromatic carbocycles. The van der Waals surface area contributed by atoms with Crippen molar-refractivity contribution in [3.63, 3.8) is 0 Å². The van der Waals surface area contributed by atoms with Crippen LogP contribution in [0.3, 0.4) is 0 Å². The summed E-state index contributed by atoms with van der Waals surface area (Å²) >= 11 is 0. The van der Waals surface area contributed by atoms with Crippen molar-refractivity contribution in [2.45, 2.75) is 37.8 Å². The molecule has 2 atom stereocenters. The molecule has 0 unspecified atom stereocenters. The summed E-state index contributed by atoms with van der Waals surface area (Å²) in [5, 5.41) is 0. The van der Waals surface area contributed by atoms with Crippen LogP contribution in [0.1, 0.15) is 31.0 Å². The minimum Gasteiger partial charge on any atom is -0.368 e. The third-order valence-electron chi connectivity index (χ3n) is 5.17. The Balaban J connectivity index is 1.35. The summed E-state index contributed by atoms with van der Waals surface area (Å²) in [5.41, 5.74) is 0. The first kappa shape index (κ1) is 15.4. The summed E-state index contributed by atoms with van der Waals surface area (Å²) in [4.78, 5) is 26.5. The SMILES string of the molecule is O=C([C@@H]1OCC[C@@H]1Cn1ccnc1)N1CCC(c2ncc[nH]2)CC1. The Kier molecular flexibility index (Phi) is 4.34. The molecule has 2 saturated heterocycles. The van der Waals surface area contributed by atoms with E-state index in [0.717, 1.165) is 44.7 Å². The maximum absolute atomic E-state index is 12.9. The monoisotopic (exact) mass is 329 g/mol. The fraction of sp³-hybridized carbons (Fsp3) is 0.588. The van der Waals surface area contributed by atoms with Crippen molar-refractivity contribution in [3.05, 3.63) is 36.9 Å². The van der Waals surface area contributed by atoms with E-state index in [1.807, 2.05) is 21.9 Å². The molecule has 2 aliphatic rings. The number of H-pyrrole nitrogens is 1. The number of aromatic nitrogens is 4. The minimum absolute atomic E-state index is 0.149. The average Bonchev–Trinajstić information content (AvgIpc) is 3.37. The molecule has 4 rings (SSSR count). The van der Waals surface area contributed by atoms with Crippen molar-refractivity contribution in [2.24, 2.45) is 5.92 Å². The number of imidazole rings is 2. The molecule has 2 fully saturated rings. The smallest absolute Gasteiger partial charge is 0.252 e. The number of hydrogen-bond acceptors (Lipinski definition) is 4. The van der Waals surface area contributed by atoms with E-state index >= 15 is 0 Å². The van der Waals surface area contributed by atoms with Gasteiger partial charge in [0.2, 0.25) is 0 Å². The van der Waals surface area contributed by atoms with Gasteiger partial charge in [-0.3, -0.25) is 4.79 Å². The van der Waals surface area contributed by atoms with Crippen LogP contribution in [0, 0.1) is 5.92 Å². The molecule has 1 N–H and O–H groups in total. The van der Waals surface area contributed by atoms with Crippen LogP contribution in [-0.4, -0.2) is 56.1 Å². The van der Waals surface area contributed by atoms with Crippen LogP contribution >= 0.6 is 0 Å². The standard InChI is InChI=1S/C17H23N5O2/c23-17(15-14(3-10-24-15)11-21-9-6-18-12-21)22-7-1-13(2-8-22)16-19-4-5-20-16/h4-6,9,12-15H,1-3,7-8,10-11H2,(H,19,20)/t14-,15-/m1/s1.